The maximum absolute atomic E-state index is 12.6. The number of carbonyl (C=O) groups excluding carboxylic acids is 1. The smallest absolute Gasteiger partial charge is 0.343 e. The van der Waals surface area contributed by atoms with Gasteiger partial charge in [-0.3, -0.25) is 4.99 Å². The third kappa shape index (κ3) is 4.48. The predicted octanol–water partition coefficient (Wildman–Crippen LogP) is 7.12. The van der Waals surface area contributed by atoms with Crippen molar-refractivity contribution in [3.8, 4) is 5.75 Å². The number of hydrogen-bond donors (Lipinski definition) is 0. The Morgan fingerprint density at radius 2 is 1.45 bits per heavy atom. The normalized spacial score (nSPS) is 11.1. The van der Waals surface area contributed by atoms with Gasteiger partial charge in [-0.05, 0) is 65.4 Å². The molecule has 0 radical (unpaired) electrons. The molecule has 0 saturated carbocycles. The summed E-state index contributed by atoms with van der Waals surface area (Å²) in [6, 6.07) is 25.3. The van der Waals surface area contributed by atoms with Gasteiger partial charge in [0.25, 0.3) is 0 Å². The molecule has 0 saturated heterocycles. The van der Waals surface area contributed by atoms with E-state index in [-0.39, 0.29) is 0 Å². The molecule has 29 heavy (non-hydrogen) atoms. The van der Waals surface area contributed by atoms with Gasteiger partial charge in [0.05, 0.1) is 11.3 Å². The molecular weight excluding hydrogens is 405 g/mol. The standard InChI is InChI=1S/C24H15Cl2NO2/c25-18-8-5-17(6-9-18)24(28)29-23-14-7-16-3-1-2-4-21(16)22(23)15-27-20-12-10-19(26)11-13-20/h1-15H. The molecule has 0 unspecified atom stereocenters. The molecule has 3 nitrogen and oxygen atoms in total. The first kappa shape index (κ1) is 19.2. The lowest BCUT2D eigenvalue weighted by atomic mass is 10.0. The Balaban J connectivity index is 1.73. The molecule has 0 atom stereocenters. The molecule has 142 valence electrons. The molecule has 5 heteroatoms. The molecule has 0 N–H and O–H groups in total. The van der Waals surface area contributed by atoms with Crippen LogP contribution in [-0.2, 0) is 0 Å². The number of hydrogen-bond acceptors (Lipinski definition) is 3. The van der Waals surface area contributed by atoms with E-state index in [1.807, 2.05) is 42.5 Å². The van der Waals surface area contributed by atoms with Crippen LogP contribution in [0.1, 0.15) is 15.9 Å². The first-order valence-corrected chi connectivity index (χ1v) is 9.65. The molecule has 4 rings (SSSR count). The fourth-order valence-electron chi connectivity index (χ4n) is 2.91. The Morgan fingerprint density at radius 1 is 0.793 bits per heavy atom. The largest absolute Gasteiger partial charge is 0.422 e. The fourth-order valence-corrected chi connectivity index (χ4v) is 3.16. The Morgan fingerprint density at radius 3 is 2.17 bits per heavy atom. The molecule has 0 bridgehead atoms. The van der Waals surface area contributed by atoms with Crippen molar-refractivity contribution in [1.82, 2.24) is 0 Å². The van der Waals surface area contributed by atoms with Crippen LogP contribution in [0.5, 0.6) is 5.75 Å². The highest BCUT2D eigenvalue weighted by Gasteiger charge is 2.13. The van der Waals surface area contributed by atoms with Crippen molar-refractivity contribution in [2.75, 3.05) is 0 Å². The number of nitrogens with zero attached hydrogens (tertiary/aromatic N) is 1. The monoisotopic (exact) mass is 419 g/mol. The summed E-state index contributed by atoms with van der Waals surface area (Å²) >= 11 is 11.8. The van der Waals surface area contributed by atoms with Gasteiger partial charge in [0.15, 0.2) is 0 Å². The molecule has 0 fully saturated rings. The van der Waals surface area contributed by atoms with Gasteiger partial charge < -0.3 is 4.74 Å². The summed E-state index contributed by atoms with van der Waals surface area (Å²) in [5.41, 5.74) is 1.89. The molecule has 0 spiro atoms. The highest BCUT2D eigenvalue weighted by atomic mass is 35.5. The summed E-state index contributed by atoms with van der Waals surface area (Å²) in [7, 11) is 0. The summed E-state index contributed by atoms with van der Waals surface area (Å²) in [4.78, 5) is 17.1. The van der Waals surface area contributed by atoms with Crippen LogP contribution >= 0.6 is 23.2 Å². The number of aliphatic imine (C=N–C) groups is 1. The van der Waals surface area contributed by atoms with Crippen molar-refractivity contribution in [1.29, 1.82) is 0 Å². The third-order valence-corrected chi connectivity index (χ3v) is 4.89. The molecule has 4 aromatic rings. The van der Waals surface area contributed by atoms with Crippen LogP contribution in [0.15, 0.2) is 89.9 Å². The summed E-state index contributed by atoms with van der Waals surface area (Å²) in [5, 5.41) is 3.16. The van der Waals surface area contributed by atoms with E-state index in [1.54, 1.807) is 48.7 Å². The van der Waals surface area contributed by atoms with Gasteiger partial charge in [-0.2, -0.15) is 0 Å². The number of rotatable bonds is 4. The van der Waals surface area contributed by atoms with Gasteiger partial charge in [0, 0.05) is 21.8 Å². The number of carbonyl (C=O) groups is 1. The number of esters is 1. The number of halogens is 2. The molecule has 0 aromatic heterocycles. The molecule has 0 amide bonds. The predicted molar refractivity (Wildman–Crippen MR) is 119 cm³/mol. The van der Waals surface area contributed by atoms with Crippen molar-refractivity contribution in [2.45, 2.75) is 0 Å². The number of ether oxygens (including phenoxy) is 1. The zero-order chi connectivity index (χ0) is 20.2. The van der Waals surface area contributed by atoms with E-state index in [1.165, 1.54) is 0 Å². The van der Waals surface area contributed by atoms with Gasteiger partial charge in [-0.25, -0.2) is 4.79 Å². The van der Waals surface area contributed by atoms with Crippen molar-refractivity contribution < 1.29 is 9.53 Å². The fraction of sp³-hybridized carbons (Fsp3) is 0. The van der Waals surface area contributed by atoms with Crippen molar-refractivity contribution in [3.63, 3.8) is 0 Å². The van der Waals surface area contributed by atoms with E-state index in [9.17, 15) is 4.79 Å². The highest BCUT2D eigenvalue weighted by molar-refractivity contribution is 6.31. The van der Waals surface area contributed by atoms with E-state index in [0.29, 0.717) is 21.4 Å². The lowest BCUT2D eigenvalue weighted by Gasteiger charge is -2.10. The minimum absolute atomic E-state index is 0.420. The third-order valence-electron chi connectivity index (χ3n) is 4.38. The quantitative estimate of drug-likeness (QED) is 0.200. The summed E-state index contributed by atoms with van der Waals surface area (Å²) in [6.45, 7) is 0. The number of benzene rings is 4. The minimum atomic E-state index is -0.460. The summed E-state index contributed by atoms with van der Waals surface area (Å²) in [5.74, 6) is -0.0283. The van der Waals surface area contributed by atoms with Gasteiger partial charge >= 0.3 is 5.97 Å². The van der Waals surface area contributed by atoms with Gasteiger partial charge in [0.2, 0.25) is 0 Å². The molecule has 0 aliphatic heterocycles. The van der Waals surface area contributed by atoms with E-state index in [0.717, 1.165) is 22.0 Å². The number of fused-ring (bicyclic) bond motifs is 1. The lowest BCUT2D eigenvalue weighted by molar-refractivity contribution is 0.0735. The van der Waals surface area contributed by atoms with E-state index in [4.69, 9.17) is 27.9 Å². The second kappa shape index (κ2) is 8.48. The Kier molecular flexibility index (Phi) is 5.61. The Bertz CT molecular complexity index is 1200. The van der Waals surface area contributed by atoms with Crippen molar-refractivity contribution in [3.05, 3.63) is 106 Å². The molecule has 0 aliphatic rings. The van der Waals surface area contributed by atoms with Crippen LogP contribution in [0.3, 0.4) is 0 Å². The van der Waals surface area contributed by atoms with E-state index in [2.05, 4.69) is 4.99 Å². The zero-order valence-corrected chi connectivity index (χ0v) is 16.7. The van der Waals surface area contributed by atoms with Crippen molar-refractivity contribution >= 4 is 51.8 Å². The second-order valence-electron chi connectivity index (χ2n) is 6.33. The Hall–Kier alpha value is -3.14. The van der Waals surface area contributed by atoms with Crippen LogP contribution < -0.4 is 4.74 Å². The van der Waals surface area contributed by atoms with Gasteiger partial charge in [0.1, 0.15) is 5.75 Å². The van der Waals surface area contributed by atoms with Gasteiger partial charge in [-0.15, -0.1) is 0 Å². The van der Waals surface area contributed by atoms with Crippen LogP contribution in [0.2, 0.25) is 10.0 Å². The SMILES string of the molecule is O=C(Oc1ccc2ccccc2c1C=Nc1ccc(Cl)cc1)c1ccc(Cl)cc1. The summed E-state index contributed by atoms with van der Waals surface area (Å²) in [6.07, 6.45) is 1.70. The molecule has 4 aromatic carbocycles. The topological polar surface area (TPSA) is 38.7 Å². The molecular formula is C24H15Cl2NO2. The lowest BCUT2D eigenvalue weighted by Crippen LogP contribution is -2.09. The van der Waals surface area contributed by atoms with Crippen LogP contribution in [0, 0.1) is 0 Å². The maximum Gasteiger partial charge on any atom is 0.343 e. The van der Waals surface area contributed by atoms with Crippen molar-refractivity contribution in [2.24, 2.45) is 4.99 Å². The molecule has 0 aliphatic carbocycles. The van der Waals surface area contributed by atoms with Crippen LogP contribution in [-0.4, -0.2) is 12.2 Å². The summed E-state index contributed by atoms with van der Waals surface area (Å²) < 4.78 is 5.69. The van der Waals surface area contributed by atoms with E-state index < -0.39 is 5.97 Å². The van der Waals surface area contributed by atoms with Gasteiger partial charge in [-0.1, -0.05) is 53.5 Å². The second-order valence-corrected chi connectivity index (χ2v) is 7.20. The zero-order valence-electron chi connectivity index (χ0n) is 15.2. The first-order valence-electron chi connectivity index (χ1n) is 8.89. The highest BCUT2D eigenvalue weighted by Crippen LogP contribution is 2.28. The average Bonchev–Trinajstić information content (AvgIpc) is 2.74. The Labute approximate surface area is 178 Å². The van der Waals surface area contributed by atoms with E-state index >= 15 is 0 Å². The average molecular weight is 420 g/mol. The maximum atomic E-state index is 12.6. The van der Waals surface area contributed by atoms with Crippen LogP contribution in [0.25, 0.3) is 10.8 Å². The molecule has 0 heterocycles. The van der Waals surface area contributed by atoms with Crippen LogP contribution in [0.4, 0.5) is 5.69 Å². The minimum Gasteiger partial charge on any atom is -0.422 e. The first-order chi connectivity index (χ1) is 14.1.